The first-order chi connectivity index (χ1) is 14.1. The molecular weight excluding hydrogens is 372 g/mol. The number of aromatic nitrogens is 1. The Hall–Kier alpha value is -3.68. The van der Waals surface area contributed by atoms with Gasteiger partial charge in [-0.15, -0.1) is 0 Å². The first-order valence-electron chi connectivity index (χ1n) is 9.29. The van der Waals surface area contributed by atoms with Crippen LogP contribution in [0.2, 0.25) is 0 Å². The Morgan fingerprint density at radius 1 is 1.07 bits per heavy atom. The van der Waals surface area contributed by atoms with Crippen molar-refractivity contribution in [3.05, 3.63) is 70.4 Å². The summed E-state index contributed by atoms with van der Waals surface area (Å²) in [5.74, 6) is 0.606. The Morgan fingerprint density at radius 3 is 2.55 bits per heavy atom. The van der Waals surface area contributed by atoms with E-state index in [1.54, 1.807) is 36.3 Å². The van der Waals surface area contributed by atoms with Crippen molar-refractivity contribution in [3.8, 4) is 5.75 Å². The summed E-state index contributed by atoms with van der Waals surface area (Å²) < 4.78 is 5.22. The van der Waals surface area contributed by atoms with E-state index in [2.05, 4.69) is 4.98 Å². The van der Waals surface area contributed by atoms with Crippen molar-refractivity contribution in [2.75, 3.05) is 38.2 Å². The van der Waals surface area contributed by atoms with Crippen LogP contribution in [0.25, 0.3) is 10.9 Å². The van der Waals surface area contributed by atoms with E-state index in [4.69, 9.17) is 4.74 Å². The molecule has 4 rings (SSSR count). The number of carbonyl (C=O) groups is 1. The van der Waals surface area contributed by atoms with Crippen molar-refractivity contribution in [1.82, 2.24) is 9.88 Å². The monoisotopic (exact) mass is 392 g/mol. The average molecular weight is 392 g/mol. The van der Waals surface area contributed by atoms with Crippen LogP contribution in [0.4, 0.5) is 11.4 Å². The average Bonchev–Trinajstić information content (AvgIpc) is 2.78. The fraction of sp³-hybridized carbons (Fsp3) is 0.238. The molecule has 1 aromatic heterocycles. The second-order valence-electron chi connectivity index (χ2n) is 6.78. The fourth-order valence-electron chi connectivity index (χ4n) is 3.55. The SMILES string of the molecule is COc1ccc2nc(C(=O)N3CCN(c4ccccc4[N+](=O)[O-])CC3)ccc2c1. The van der Waals surface area contributed by atoms with E-state index in [9.17, 15) is 14.9 Å². The van der Waals surface area contributed by atoms with Gasteiger partial charge in [0.2, 0.25) is 0 Å². The lowest BCUT2D eigenvalue weighted by Crippen LogP contribution is -2.49. The number of methoxy groups -OCH3 is 1. The van der Waals surface area contributed by atoms with Crippen LogP contribution in [-0.4, -0.2) is 54.0 Å². The maximum Gasteiger partial charge on any atom is 0.292 e. The first-order valence-corrected chi connectivity index (χ1v) is 9.29. The van der Waals surface area contributed by atoms with Crippen LogP contribution in [-0.2, 0) is 0 Å². The van der Waals surface area contributed by atoms with Crippen LogP contribution in [0.1, 0.15) is 10.5 Å². The maximum atomic E-state index is 12.9. The number of anilines is 1. The number of ether oxygens (including phenoxy) is 1. The highest BCUT2D eigenvalue weighted by molar-refractivity contribution is 5.95. The molecule has 1 amide bonds. The minimum Gasteiger partial charge on any atom is -0.497 e. The van der Waals surface area contributed by atoms with Gasteiger partial charge < -0.3 is 14.5 Å². The lowest BCUT2D eigenvalue weighted by molar-refractivity contribution is -0.384. The van der Waals surface area contributed by atoms with Gasteiger partial charge >= 0.3 is 0 Å². The topological polar surface area (TPSA) is 88.8 Å². The number of piperazine rings is 1. The third kappa shape index (κ3) is 3.69. The first kappa shape index (κ1) is 18.7. The van der Waals surface area contributed by atoms with Crippen molar-refractivity contribution in [1.29, 1.82) is 0 Å². The van der Waals surface area contributed by atoms with Gasteiger partial charge in [-0.1, -0.05) is 18.2 Å². The van der Waals surface area contributed by atoms with E-state index in [1.165, 1.54) is 6.07 Å². The molecule has 1 aliphatic heterocycles. The molecule has 29 heavy (non-hydrogen) atoms. The van der Waals surface area contributed by atoms with Gasteiger partial charge in [0.25, 0.3) is 11.6 Å². The number of para-hydroxylation sites is 2. The number of pyridine rings is 1. The van der Waals surface area contributed by atoms with Gasteiger partial charge in [-0.25, -0.2) is 4.98 Å². The predicted octanol–water partition coefficient (Wildman–Crippen LogP) is 3.11. The normalized spacial score (nSPS) is 14.1. The Labute approximate surface area is 167 Å². The van der Waals surface area contributed by atoms with Gasteiger partial charge in [-0.3, -0.25) is 14.9 Å². The van der Waals surface area contributed by atoms with Gasteiger partial charge in [0.15, 0.2) is 0 Å². The summed E-state index contributed by atoms with van der Waals surface area (Å²) in [5.41, 5.74) is 1.79. The van der Waals surface area contributed by atoms with E-state index < -0.39 is 0 Å². The van der Waals surface area contributed by atoms with Crippen molar-refractivity contribution < 1.29 is 14.5 Å². The van der Waals surface area contributed by atoms with Crippen molar-refractivity contribution in [3.63, 3.8) is 0 Å². The number of fused-ring (bicyclic) bond motifs is 1. The van der Waals surface area contributed by atoms with E-state index in [-0.39, 0.29) is 16.5 Å². The minimum atomic E-state index is -0.374. The third-order valence-corrected chi connectivity index (χ3v) is 5.10. The molecule has 0 spiro atoms. The quantitative estimate of drug-likeness (QED) is 0.501. The van der Waals surface area contributed by atoms with Crippen LogP contribution >= 0.6 is 0 Å². The summed E-state index contributed by atoms with van der Waals surface area (Å²) in [6.07, 6.45) is 0. The zero-order chi connectivity index (χ0) is 20.4. The molecule has 2 aromatic carbocycles. The van der Waals surface area contributed by atoms with Crippen molar-refractivity contribution in [2.24, 2.45) is 0 Å². The van der Waals surface area contributed by atoms with Crippen molar-refractivity contribution in [2.45, 2.75) is 0 Å². The highest BCUT2D eigenvalue weighted by Crippen LogP contribution is 2.28. The molecule has 1 aliphatic rings. The summed E-state index contributed by atoms with van der Waals surface area (Å²) in [5, 5.41) is 12.2. The molecule has 0 saturated carbocycles. The van der Waals surface area contributed by atoms with E-state index in [0.29, 0.717) is 37.6 Å². The Morgan fingerprint density at radius 2 is 1.83 bits per heavy atom. The molecular formula is C21H20N4O4. The summed E-state index contributed by atoms with van der Waals surface area (Å²) >= 11 is 0. The smallest absolute Gasteiger partial charge is 0.292 e. The molecule has 2 heterocycles. The fourth-order valence-corrected chi connectivity index (χ4v) is 3.55. The Balaban J connectivity index is 1.48. The number of hydrogen-bond acceptors (Lipinski definition) is 6. The molecule has 1 fully saturated rings. The highest BCUT2D eigenvalue weighted by atomic mass is 16.6. The van der Waals surface area contributed by atoms with E-state index in [0.717, 1.165) is 16.7 Å². The summed E-state index contributed by atoms with van der Waals surface area (Å²) in [6.45, 7) is 2.02. The summed E-state index contributed by atoms with van der Waals surface area (Å²) in [7, 11) is 1.61. The number of hydrogen-bond donors (Lipinski definition) is 0. The van der Waals surface area contributed by atoms with Gasteiger partial charge in [0.05, 0.1) is 17.5 Å². The summed E-state index contributed by atoms with van der Waals surface area (Å²) in [4.78, 5) is 32.0. The van der Waals surface area contributed by atoms with Crippen LogP contribution in [0.15, 0.2) is 54.6 Å². The molecule has 0 radical (unpaired) electrons. The molecule has 0 bridgehead atoms. The molecule has 0 unspecified atom stereocenters. The highest BCUT2D eigenvalue weighted by Gasteiger charge is 2.26. The number of amides is 1. The van der Waals surface area contributed by atoms with Gasteiger partial charge in [-0.05, 0) is 30.3 Å². The number of nitro groups is 1. The van der Waals surface area contributed by atoms with Crippen LogP contribution < -0.4 is 9.64 Å². The molecule has 148 valence electrons. The predicted molar refractivity (Wildman–Crippen MR) is 110 cm³/mol. The lowest BCUT2D eigenvalue weighted by atomic mass is 10.1. The maximum absolute atomic E-state index is 12.9. The number of benzene rings is 2. The third-order valence-electron chi connectivity index (χ3n) is 5.10. The van der Waals surface area contributed by atoms with Gasteiger partial charge in [-0.2, -0.15) is 0 Å². The number of rotatable bonds is 4. The Kier molecular flexibility index (Phi) is 4.99. The number of nitro benzene ring substituents is 1. The van der Waals surface area contributed by atoms with E-state index >= 15 is 0 Å². The molecule has 8 heteroatoms. The molecule has 0 aliphatic carbocycles. The van der Waals surface area contributed by atoms with Crippen LogP contribution in [0.5, 0.6) is 5.75 Å². The van der Waals surface area contributed by atoms with Gasteiger partial charge in [0, 0.05) is 37.6 Å². The lowest BCUT2D eigenvalue weighted by Gasteiger charge is -2.35. The molecule has 1 saturated heterocycles. The molecule has 0 N–H and O–H groups in total. The van der Waals surface area contributed by atoms with Crippen molar-refractivity contribution >= 4 is 28.2 Å². The largest absolute Gasteiger partial charge is 0.497 e. The molecule has 8 nitrogen and oxygen atoms in total. The van der Waals surface area contributed by atoms with Crippen LogP contribution in [0, 0.1) is 10.1 Å². The molecule has 0 atom stereocenters. The second kappa shape index (κ2) is 7.75. The number of nitrogens with zero attached hydrogens (tertiary/aromatic N) is 4. The molecule has 3 aromatic rings. The zero-order valence-electron chi connectivity index (χ0n) is 15.9. The minimum absolute atomic E-state index is 0.0823. The van der Waals surface area contributed by atoms with Crippen LogP contribution in [0.3, 0.4) is 0 Å². The number of carbonyl (C=O) groups excluding carboxylic acids is 1. The standard InChI is InChI=1S/C21H20N4O4/c1-29-16-7-9-17-15(14-16)6-8-18(22-17)21(26)24-12-10-23(11-13-24)19-4-2-3-5-20(19)25(27)28/h2-9,14H,10-13H2,1H3. The van der Waals surface area contributed by atoms with Gasteiger partial charge in [0.1, 0.15) is 17.1 Å². The zero-order valence-corrected chi connectivity index (χ0v) is 15.9. The summed E-state index contributed by atoms with van der Waals surface area (Å²) in [6, 6.07) is 15.8. The van der Waals surface area contributed by atoms with E-state index in [1.807, 2.05) is 29.2 Å². The Bertz CT molecular complexity index is 1080. The second-order valence-corrected chi connectivity index (χ2v) is 6.78.